The first-order valence-electron chi connectivity index (χ1n) is 14.1. The molecule has 10 nitrogen and oxygen atoms in total. The number of carbonyl (C=O) groups is 3. The van der Waals surface area contributed by atoms with Gasteiger partial charge in [-0.25, -0.2) is 10.3 Å². The monoisotopic (exact) mass is 586 g/mol. The second-order valence-electron chi connectivity index (χ2n) is 11.3. The van der Waals surface area contributed by atoms with Crippen molar-refractivity contribution in [1.82, 2.24) is 5.43 Å². The molecule has 10 heteroatoms. The van der Waals surface area contributed by atoms with E-state index in [1.54, 1.807) is 43.3 Å². The van der Waals surface area contributed by atoms with E-state index in [0.29, 0.717) is 11.1 Å². The molecule has 1 fully saturated rings. The van der Waals surface area contributed by atoms with Crippen molar-refractivity contribution in [3.05, 3.63) is 141 Å². The number of nitrogens with one attached hydrogen (secondary N) is 1. The number of anilines is 1. The highest BCUT2D eigenvalue weighted by atomic mass is 16.6. The number of aliphatic hydroxyl groups excluding tert-OH is 1. The van der Waals surface area contributed by atoms with Crippen LogP contribution in [0, 0.1) is 28.9 Å². The fraction of sp³-hybridized carbons (Fsp3) is 0.176. The van der Waals surface area contributed by atoms with Crippen LogP contribution < -0.4 is 10.3 Å². The predicted octanol–water partition coefficient (Wildman–Crippen LogP) is 4.29. The molecule has 0 aromatic heterocycles. The number of aliphatic hydroxyl groups is 1. The van der Waals surface area contributed by atoms with Gasteiger partial charge in [-0.15, -0.1) is 0 Å². The van der Waals surface area contributed by atoms with E-state index in [0.717, 1.165) is 27.2 Å². The zero-order chi connectivity index (χ0) is 30.7. The van der Waals surface area contributed by atoms with E-state index in [9.17, 15) is 29.6 Å². The number of imide groups is 1. The van der Waals surface area contributed by atoms with Crippen LogP contribution in [-0.4, -0.2) is 34.0 Å². The van der Waals surface area contributed by atoms with Crippen LogP contribution in [-0.2, 0) is 19.8 Å². The Balaban J connectivity index is 1.38. The first kappa shape index (κ1) is 27.4. The molecule has 4 aromatic rings. The average molecular weight is 587 g/mol. The minimum atomic E-state index is -1.48. The Hall–Kier alpha value is -5.48. The van der Waals surface area contributed by atoms with Gasteiger partial charge >= 0.3 is 0 Å². The summed E-state index contributed by atoms with van der Waals surface area (Å²) in [5.41, 5.74) is 4.93. The maximum Gasteiger partial charge on any atom is 0.293 e. The Kier molecular flexibility index (Phi) is 6.26. The zero-order valence-electron chi connectivity index (χ0n) is 23.5. The quantitative estimate of drug-likeness (QED) is 0.149. The summed E-state index contributed by atoms with van der Waals surface area (Å²) < 4.78 is 0. The van der Waals surface area contributed by atoms with Crippen molar-refractivity contribution >= 4 is 35.3 Å². The number of hydrogen-bond donors (Lipinski definition) is 2. The van der Waals surface area contributed by atoms with Gasteiger partial charge in [0.15, 0.2) is 6.10 Å². The molecule has 3 aliphatic carbocycles. The molecule has 4 aromatic carbocycles. The average Bonchev–Trinajstić information content (AvgIpc) is 3.31. The van der Waals surface area contributed by atoms with Crippen LogP contribution in [0.5, 0.6) is 0 Å². The smallest absolute Gasteiger partial charge is 0.293 e. The number of carbonyl (C=O) groups excluding carboxylic acids is 3. The summed E-state index contributed by atoms with van der Waals surface area (Å²) in [6.45, 7) is 1.70. The Bertz CT molecular complexity index is 1860. The summed E-state index contributed by atoms with van der Waals surface area (Å²) in [7, 11) is 0. The van der Waals surface area contributed by atoms with Crippen LogP contribution in [0.3, 0.4) is 0 Å². The SMILES string of the molecule is Cc1ccc(N2C(=O)[C@@H]3C4c5ccccc5C(/C=N\NC(=O)[C@H](O)c5ccccc5)(c5ccccc54)[C@H]3C2=O)c([N+](=O)[O-])c1. The standard InChI is InChI=1S/C34H26N4O6/c1-19-15-16-25(26(17-19)38(43)44)37-32(41)28-27-21-11-5-7-13-23(21)34(29(28)33(37)42,24-14-8-6-12-22(24)27)18-35-36-31(40)30(39)20-9-3-2-4-10-20/h2-18,27-30,39H,1H3,(H,36,40)/b35-18-/t27?,28-,29-,30-,34?/m1/s1. The lowest BCUT2D eigenvalue weighted by molar-refractivity contribution is -0.384. The highest BCUT2D eigenvalue weighted by Crippen LogP contribution is 2.64. The van der Waals surface area contributed by atoms with E-state index in [1.807, 2.05) is 48.5 Å². The van der Waals surface area contributed by atoms with Crippen LogP contribution in [0.1, 0.15) is 45.4 Å². The lowest BCUT2D eigenvalue weighted by Crippen LogP contribution is -2.54. The fourth-order valence-corrected chi connectivity index (χ4v) is 7.30. The normalized spacial score (nSPS) is 23.7. The predicted molar refractivity (Wildman–Crippen MR) is 161 cm³/mol. The summed E-state index contributed by atoms with van der Waals surface area (Å²) >= 11 is 0. The van der Waals surface area contributed by atoms with E-state index < -0.39 is 51.9 Å². The number of benzene rings is 4. The highest BCUT2D eigenvalue weighted by Gasteiger charge is 2.68. The number of rotatable bonds is 6. The zero-order valence-corrected chi connectivity index (χ0v) is 23.5. The molecule has 2 bridgehead atoms. The second-order valence-corrected chi connectivity index (χ2v) is 11.3. The van der Waals surface area contributed by atoms with Gasteiger partial charge in [0.2, 0.25) is 11.8 Å². The molecule has 44 heavy (non-hydrogen) atoms. The number of amides is 3. The summed E-state index contributed by atoms with van der Waals surface area (Å²) in [6, 6.07) is 27.9. The molecule has 4 aliphatic rings. The number of aryl methyl sites for hydroxylation is 1. The third-order valence-electron chi connectivity index (χ3n) is 9.06. The second kappa shape index (κ2) is 10.1. The third kappa shape index (κ3) is 3.77. The lowest BCUT2D eigenvalue weighted by Gasteiger charge is -2.52. The number of nitro groups is 1. The largest absolute Gasteiger partial charge is 0.378 e. The fourth-order valence-electron chi connectivity index (χ4n) is 7.30. The Morgan fingerprint density at radius 2 is 1.57 bits per heavy atom. The van der Waals surface area contributed by atoms with Crippen molar-refractivity contribution in [3.8, 4) is 0 Å². The molecular formula is C34H26N4O6. The van der Waals surface area contributed by atoms with Gasteiger partial charge in [0, 0.05) is 18.2 Å². The van der Waals surface area contributed by atoms with E-state index in [4.69, 9.17) is 0 Å². The first-order valence-corrected chi connectivity index (χ1v) is 14.1. The molecule has 8 rings (SSSR count). The van der Waals surface area contributed by atoms with E-state index >= 15 is 0 Å². The number of nitrogens with zero attached hydrogens (tertiary/aromatic N) is 3. The van der Waals surface area contributed by atoms with E-state index in [-0.39, 0.29) is 11.4 Å². The van der Waals surface area contributed by atoms with Crippen LogP contribution >= 0.6 is 0 Å². The van der Waals surface area contributed by atoms with Crippen LogP contribution in [0.15, 0.2) is 102 Å². The van der Waals surface area contributed by atoms with Gasteiger partial charge in [0.05, 0.1) is 22.2 Å². The van der Waals surface area contributed by atoms with Crippen LogP contribution in [0.25, 0.3) is 0 Å². The molecule has 0 unspecified atom stereocenters. The van der Waals surface area contributed by atoms with Gasteiger partial charge < -0.3 is 5.11 Å². The van der Waals surface area contributed by atoms with Crippen molar-refractivity contribution in [2.75, 3.05) is 4.90 Å². The number of hydrazone groups is 1. The summed E-state index contributed by atoms with van der Waals surface area (Å²) in [6.07, 6.45) is -0.00140. The molecule has 2 N–H and O–H groups in total. The molecule has 1 aliphatic heterocycles. The Morgan fingerprint density at radius 3 is 2.20 bits per heavy atom. The molecule has 0 saturated carbocycles. The van der Waals surface area contributed by atoms with Crippen molar-refractivity contribution in [2.45, 2.75) is 24.4 Å². The molecule has 0 radical (unpaired) electrons. The topological polar surface area (TPSA) is 142 Å². The van der Waals surface area contributed by atoms with Gasteiger partial charge in [-0.05, 0) is 46.4 Å². The van der Waals surface area contributed by atoms with Gasteiger partial charge in [-0.3, -0.25) is 24.5 Å². The maximum absolute atomic E-state index is 14.5. The van der Waals surface area contributed by atoms with Gasteiger partial charge in [0.1, 0.15) is 5.69 Å². The number of hydrogen-bond acceptors (Lipinski definition) is 7. The minimum Gasteiger partial charge on any atom is -0.378 e. The first-order chi connectivity index (χ1) is 21.3. The molecule has 3 atom stereocenters. The van der Waals surface area contributed by atoms with Crippen LogP contribution in [0.2, 0.25) is 0 Å². The Labute approximate surface area is 251 Å². The maximum atomic E-state index is 14.5. The van der Waals surface area contributed by atoms with Crippen molar-refractivity contribution < 1.29 is 24.4 Å². The summed E-state index contributed by atoms with van der Waals surface area (Å²) in [5, 5.41) is 27.0. The Morgan fingerprint density at radius 1 is 0.955 bits per heavy atom. The highest BCUT2D eigenvalue weighted by molar-refractivity contribution is 6.25. The molecular weight excluding hydrogens is 560 g/mol. The lowest BCUT2D eigenvalue weighted by atomic mass is 9.47. The summed E-state index contributed by atoms with van der Waals surface area (Å²) in [5.74, 6) is -4.21. The van der Waals surface area contributed by atoms with Crippen molar-refractivity contribution in [3.63, 3.8) is 0 Å². The van der Waals surface area contributed by atoms with Gasteiger partial charge in [-0.1, -0.05) is 84.9 Å². The molecule has 1 heterocycles. The van der Waals surface area contributed by atoms with E-state index in [2.05, 4.69) is 10.5 Å². The third-order valence-corrected chi connectivity index (χ3v) is 9.06. The molecule has 218 valence electrons. The van der Waals surface area contributed by atoms with Crippen molar-refractivity contribution in [1.29, 1.82) is 0 Å². The summed E-state index contributed by atoms with van der Waals surface area (Å²) in [4.78, 5) is 54.2. The molecule has 0 spiro atoms. The molecule has 1 saturated heterocycles. The van der Waals surface area contributed by atoms with Crippen LogP contribution in [0.4, 0.5) is 11.4 Å². The van der Waals surface area contributed by atoms with Crippen molar-refractivity contribution in [2.24, 2.45) is 16.9 Å². The van der Waals surface area contributed by atoms with Gasteiger partial charge in [0.25, 0.3) is 11.6 Å². The van der Waals surface area contributed by atoms with Gasteiger partial charge in [-0.2, -0.15) is 5.10 Å². The molecule has 3 amide bonds. The van der Waals surface area contributed by atoms with E-state index in [1.165, 1.54) is 18.3 Å². The minimum absolute atomic E-state index is 0.0797. The number of nitro benzene ring substituents is 1.